The molecule has 3 aromatic carbocycles. The highest BCUT2D eigenvalue weighted by Gasteiger charge is 2.21. The molecule has 0 fully saturated rings. The molecule has 34 heavy (non-hydrogen) atoms. The van der Waals surface area contributed by atoms with Crippen molar-refractivity contribution in [1.29, 1.82) is 0 Å². The van der Waals surface area contributed by atoms with Gasteiger partial charge in [0, 0.05) is 23.1 Å². The van der Waals surface area contributed by atoms with Crippen LogP contribution in [-0.2, 0) is 6.42 Å². The van der Waals surface area contributed by atoms with Crippen LogP contribution in [0.2, 0.25) is 0 Å². The molecule has 0 aliphatic rings. The van der Waals surface area contributed by atoms with E-state index in [0.29, 0.717) is 40.9 Å². The largest absolute Gasteiger partial charge is 0.497 e. The Morgan fingerprint density at radius 1 is 0.882 bits per heavy atom. The van der Waals surface area contributed by atoms with Crippen LogP contribution in [0.1, 0.15) is 15.9 Å². The average Bonchev–Trinajstić information content (AvgIpc) is 3.39. The van der Waals surface area contributed by atoms with Crippen LogP contribution in [0.3, 0.4) is 0 Å². The summed E-state index contributed by atoms with van der Waals surface area (Å²) < 4.78 is 16.0. The third-order valence-electron chi connectivity index (χ3n) is 5.45. The van der Waals surface area contributed by atoms with Gasteiger partial charge in [0.25, 0.3) is 5.91 Å². The van der Waals surface area contributed by atoms with Crippen LogP contribution in [0.25, 0.3) is 11.3 Å². The summed E-state index contributed by atoms with van der Waals surface area (Å²) in [6.07, 6.45) is 0.627. The van der Waals surface area contributed by atoms with Crippen molar-refractivity contribution in [2.75, 3.05) is 32.8 Å². The molecule has 0 aliphatic carbocycles. The van der Waals surface area contributed by atoms with Crippen molar-refractivity contribution in [2.45, 2.75) is 6.42 Å². The van der Waals surface area contributed by atoms with Gasteiger partial charge in [0.2, 0.25) is 0 Å². The van der Waals surface area contributed by atoms with Crippen molar-refractivity contribution < 1.29 is 19.0 Å². The maximum absolute atomic E-state index is 13.5. The van der Waals surface area contributed by atoms with Crippen LogP contribution in [0.5, 0.6) is 17.2 Å². The van der Waals surface area contributed by atoms with Crippen LogP contribution >= 0.6 is 11.3 Å². The first-order valence-corrected chi connectivity index (χ1v) is 11.7. The fourth-order valence-corrected chi connectivity index (χ4v) is 4.44. The summed E-state index contributed by atoms with van der Waals surface area (Å²) in [6.45, 7) is 0.460. The third kappa shape index (κ3) is 5.21. The first kappa shape index (κ1) is 23.3. The van der Waals surface area contributed by atoms with Crippen molar-refractivity contribution in [3.05, 3.63) is 89.3 Å². The van der Waals surface area contributed by atoms with E-state index in [2.05, 4.69) is 0 Å². The second kappa shape index (κ2) is 10.9. The number of thiazole rings is 1. The fraction of sp³-hybridized carbons (Fsp3) is 0.185. The number of nitrogens with zero attached hydrogens (tertiary/aromatic N) is 2. The molecule has 7 heteroatoms. The van der Waals surface area contributed by atoms with Crippen molar-refractivity contribution >= 4 is 22.4 Å². The Labute approximate surface area is 203 Å². The van der Waals surface area contributed by atoms with Gasteiger partial charge in [0.15, 0.2) is 16.6 Å². The monoisotopic (exact) mass is 474 g/mol. The van der Waals surface area contributed by atoms with Crippen LogP contribution in [0.15, 0.2) is 78.2 Å². The molecule has 6 nitrogen and oxygen atoms in total. The van der Waals surface area contributed by atoms with Crippen molar-refractivity contribution in [3.63, 3.8) is 0 Å². The minimum absolute atomic E-state index is 0.114. The SMILES string of the molecule is COc1ccc(C(=O)N(CCc2ccc(OC)c(OC)c2)c2nc(-c3ccccc3)cs2)cc1. The Hall–Kier alpha value is -3.84. The number of carbonyl (C=O) groups is 1. The molecule has 0 unspecified atom stereocenters. The average molecular weight is 475 g/mol. The van der Waals surface area contributed by atoms with Gasteiger partial charge < -0.3 is 14.2 Å². The van der Waals surface area contributed by atoms with Gasteiger partial charge in [-0.15, -0.1) is 11.3 Å². The molecule has 0 atom stereocenters. The van der Waals surface area contributed by atoms with Gasteiger partial charge in [-0.05, 0) is 48.4 Å². The van der Waals surface area contributed by atoms with E-state index in [1.807, 2.05) is 53.9 Å². The Morgan fingerprint density at radius 2 is 1.62 bits per heavy atom. The number of aromatic nitrogens is 1. The molecule has 4 aromatic rings. The smallest absolute Gasteiger partial charge is 0.260 e. The van der Waals surface area contributed by atoms with Crippen molar-refractivity contribution in [1.82, 2.24) is 4.98 Å². The summed E-state index contributed by atoms with van der Waals surface area (Å²) in [5, 5.41) is 2.63. The molecule has 0 bridgehead atoms. The van der Waals surface area contributed by atoms with E-state index in [0.717, 1.165) is 16.8 Å². The number of ether oxygens (including phenoxy) is 3. The molecule has 0 N–H and O–H groups in total. The van der Waals surface area contributed by atoms with Gasteiger partial charge in [-0.3, -0.25) is 9.69 Å². The number of carbonyl (C=O) groups excluding carboxylic acids is 1. The molecule has 0 saturated carbocycles. The number of hydrogen-bond acceptors (Lipinski definition) is 6. The summed E-state index contributed by atoms with van der Waals surface area (Å²) in [7, 11) is 4.83. The van der Waals surface area contributed by atoms with Crippen molar-refractivity contribution in [3.8, 4) is 28.5 Å². The summed E-state index contributed by atoms with van der Waals surface area (Å²) in [5.41, 5.74) is 3.47. The summed E-state index contributed by atoms with van der Waals surface area (Å²) in [4.78, 5) is 20.1. The normalized spacial score (nSPS) is 10.6. The summed E-state index contributed by atoms with van der Waals surface area (Å²) >= 11 is 1.46. The molecule has 1 heterocycles. The number of benzene rings is 3. The van der Waals surface area contributed by atoms with E-state index in [9.17, 15) is 4.79 Å². The zero-order chi connectivity index (χ0) is 23.9. The minimum atomic E-state index is -0.114. The molecule has 1 aromatic heterocycles. The van der Waals surface area contributed by atoms with Gasteiger partial charge in [-0.25, -0.2) is 4.98 Å². The molecular weight excluding hydrogens is 448 g/mol. The number of hydrogen-bond donors (Lipinski definition) is 0. The van der Waals surface area contributed by atoms with Gasteiger partial charge in [0.05, 0.1) is 27.0 Å². The second-order valence-electron chi connectivity index (χ2n) is 7.51. The maximum atomic E-state index is 13.5. The van der Waals surface area contributed by atoms with E-state index < -0.39 is 0 Å². The Balaban J connectivity index is 1.62. The zero-order valence-electron chi connectivity index (χ0n) is 19.4. The summed E-state index contributed by atoms with van der Waals surface area (Å²) in [5.74, 6) is 1.92. The first-order valence-electron chi connectivity index (χ1n) is 10.8. The molecule has 0 aliphatic heterocycles. The van der Waals surface area contributed by atoms with E-state index in [1.54, 1.807) is 50.5 Å². The van der Waals surface area contributed by atoms with E-state index >= 15 is 0 Å². The van der Waals surface area contributed by atoms with Crippen LogP contribution < -0.4 is 19.1 Å². The lowest BCUT2D eigenvalue weighted by Gasteiger charge is -2.20. The molecule has 4 rings (SSSR count). The van der Waals surface area contributed by atoms with Crippen LogP contribution in [-0.4, -0.2) is 38.8 Å². The Bertz CT molecular complexity index is 1240. The fourth-order valence-electron chi connectivity index (χ4n) is 3.58. The molecule has 1 amide bonds. The number of anilines is 1. The Morgan fingerprint density at radius 3 is 2.29 bits per heavy atom. The van der Waals surface area contributed by atoms with E-state index in [4.69, 9.17) is 19.2 Å². The molecular formula is C27H26N2O4S. The van der Waals surface area contributed by atoms with Gasteiger partial charge in [-0.2, -0.15) is 0 Å². The van der Waals surface area contributed by atoms with Crippen molar-refractivity contribution in [2.24, 2.45) is 0 Å². The lowest BCUT2D eigenvalue weighted by atomic mass is 10.1. The standard InChI is InChI=1S/C27H26N2O4S/c1-31-22-12-10-21(11-13-22)26(30)29(16-15-19-9-14-24(32-2)25(17-19)33-3)27-28-23(18-34-27)20-7-5-4-6-8-20/h4-14,17-18H,15-16H2,1-3H3. The lowest BCUT2D eigenvalue weighted by molar-refractivity contribution is 0.0987. The number of rotatable bonds is 9. The van der Waals surface area contributed by atoms with Crippen LogP contribution in [0, 0.1) is 0 Å². The van der Waals surface area contributed by atoms with Gasteiger partial charge in [-0.1, -0.05) is 36.4 Å². The highest BCUT2D eigenvalue weighted by Crippen LogP contribution is 2.30. The maximum Gasteiger partial charge on any atom is 0.260 e. The lowest BCUT2D eigenvalue weighted by Crippen LogP contribution is -2.32. The molecule has 0 saturated heterocycles. The van der Waals surface area contributed by atoms with Crippen LogP contribution in [0.4, 0.5) is 5.13 Å². The first-order chi connectivity index (χ1) is 16.6. The van der Waals surface area contributed by atoms with E-state index in [1.165, 1.54) is 11.3 Å². The van der Waals surface area contributed by atoms with Gasteiger partial charge >= 0.3 is 0 Å². The van der Waals surface area contributed by atoms with E-state index in [-0.39, 0.29) is 5.91 Å². The van der Waals surface area contributed by atoms with Gasteiger partial charge in [0.1, 0.15) is 5.75 Å². The predicted octanol–water partition coefficient (Wildman–Crippen LogP) is 5.73. The molecule has 0 spiro atoms. The predicted molar refractivity (Wildman–Crippen MR) is 135 cm³/mol. The number of amides is 1. The Kier molecular flexibility index (Phi) is 7.44. The quantitative estimate of drug-likeness (QED) is 0.310. The minimum Gasteiger partial charge on any atom is -0.497 e. The molecule has 174 valence electrons. The highest BCUT2D eigenvalue weighted by atomic mass is 32.1. The zero-order valence-corrected chi connectivity index (χ0v) is 20.2. The molecule has 0 radical (unpaired) electrons. The highest BCUT2D eigenvalue weighted by molar-refractivity contribution is 7.14. The third-order valence-corrected chi connectivity index (χ3v) is 6.31. The topological polar surface area (TPSA) is 60.9 Å². The summed E-state index contributed by atoms with van der Waals surface area (Å²) in [6, 6.07) is 22.9. The number of methoxy groups -OCH3 is 3. The second-order valence-corrected chi connectivity index (χ2v) is 8.34.